The molecule has 0 fully saturated rings. The number of hydrogen-bond donors (Lipinski definition) is 2. The van der Waals surface area contributed by atoms with E-state index < -0.39 is 17.7 Å². The third-order valence-corrected chi connectivity index (χ3v) is 4.59. The molecule has 128 valence electrons. The molecule has 0 spiro atoms. The number of hydrogen-bond acceptors (Lipinski definition) is 5. The van der Waals surface area contributed by atoms with Gasteiger partial charge in [-0.2, -0.15) is 10.3 Å². The first-order chi connectivity index (χ1) is 11.9. The minimum atomic E-state index is -0.852. The molecule has 7 heteroatoms. The van der Waals surface area contributed by atoms with Crippen LogP contribution in [0.1, 0.15) is 31.0 Å². The topological polar surface area (TPSA) is 90.5 Å². The van der Waals surface area contributed by atoms with Gasteiger partial charge in [0.1, 0.15) is 23.3 Å². The predicted octanol–water partition coefficient (Wildman–Crippen LogP) is 2.93. The van der Waals surface area contributed by atoms with Gasteiger partial charge in [-0.15, -0.1) is 0 Å². The van der Waals surface area contributed by atoms with E-state index in [9.17, 15) is 5.11 Å². The van der Waals surface area contributed by atoms with Crippen LogP contribution in [-0.4, -0.2) is 27.6 Å². The average Bonchev–Trinajstić information content (AvgIpc) is 2.59. The van der Waals surface area contributed by atoms with Crippen LogP contribution in [0.2, 0.25) is 0 Å². The fraction of sp³-hybridized carbons (Fsp3) is 0.278. The maximum atomic E-state index is 10.8. The first-order valence-electron chi connectivity index (χ1n) is 7.72. The van der Waals surface area contributed by atoms with Crippen LogP contribution in [0, 0.1) is 11.5 Å². The van der Waals surface area contributed by atoms with Crippen molar-refractivity contribution in [3.05, 3.63) is 58.3 Å². The molecule has 1 aromatic carbocycles. The van der Waals surface area contributed by atoms with Gasteiger partial charge in [0.05, 0.1) is 6.04 Å². The number of fused-ring (bicyclic) bond motifs is 1. The molecule has 0 unspecified atom stereocenters. The number of nitrogens with one attached hydrogen (secondary N) is 1. The molecule has 25 heavy (non-hydrogen) atoms. The number of nitriles is 1. The van der Waals surface area contributed by atoms with E-state index in [1.165, 1.54) is 0 Å². The van der Waals surface area contributed by atoms with Gasteiger partial charge in [0.2, 0.25) is 6.19 Å². The van der Waals surface area contributed by atoms with Crippen LogP contribution < -0.4 is 10.1 Å². The Bertz CT molecular complexity index is 846. The summed E-state index contributed by atoms with van der Waals surface area (Å²) in [6.07, 6.45) is 4.21. The van der Waals surface area contributed by atoms with Crippen LogP contribution in [0.25, 0.3) is 0 Å². The summed E-state index contributed by atoms with van der Waals surface area (Å²) >= 11 is 3.45. The summed E-state index contributed by atoms with van der Waals surface area (Å²) in [5, 5.41) is 23.1. The summed E-state index contributed by atoms with van der Waals surface area (Å²) in [6, 6.07) is 8.69. The summed E-state index contributed by atoms with van der Waals surface area (Å²) in [6.45, 7) is 3.64. The summed E-state index contributed by atoms with van der Waals surface area (Å²) < 4.78 is 6.81. The first-order valence-corrected chi connectivity index (χ1v) is 8.52. The maximum Gasteiger partial charge on any atom is 0.207 e. The predicted molar refractivity (Wildman–Crippen MR) is 97.1 cm³/mol. The molecule has 0 aliphatic carbocycles. The van der Waals surface area contributed by atoms with Crippen LogP contribution in [0.5, 0.6) is 5.75 Å². The molecule has 2 atom stereocenters. The highest BCUT2D eigenvalue weighted by atomic mass is 79.9. The van der Waals surface area contributed by atoms with Crippen LogP contribution >= 0.6 is 15.9 Å². The van der Waals surface area contributed by atoms with Crippen LogP contribution in [-0.2, 0) is 0 Å². The van der Waals surface area contributed by atoms with Crippen molar-refractivity contribution in [1.82, 2.24) is 10.3 Å². The van der Waals surface area contributed by atoms with E-state index in [4.69, 9.17) is 10.00 Å². The van der Waals surface area contributed by atoms with E-state index in [0.717, 1.165) is 10.0 Å². The van der Waals surface area contributed by atoms with Crippen molar-refractivity contribution < 1.29 is 9.84 Å². The number of pyridine rings is 1. The second-order valence-electron chi connectivity index (χ2n) is 6.26. The number of amidine groups is 1. The summed E-state index contributed by atoms with van der Waals surface area (Å²) in [5.74, 6) is 1.03. The highest BCUT2D eigenvalue weighted by Crippen LogP contribution is 2.41. The molecule has 0 bridgehead atoms. The highest BCUT2D eigenvalue weighted by molar-refractivity contribution is 9.10. The van der Waals surface area contributed by atoms with Gasteiger partial charge in [0.15, 0.2) is 0 Å². The second-order valence-corrected chi connectivity index (χ2v) is 7.17. The maximum absolute atomic E-state index is 10.8. The molecule has 3 rings (SSSR count). The molecule has 2 heterocycles. The number of halogens is 1. The van der Waals surface area contributed by atoms with E-state index in [-0.39, 0.29) is 0 Å². The lowest BCUT2D eigenvalue weighted by molar-refractivity contribution is -0.0610. The Morgan fingerprint density at radius 2 is 2.24 bits per heavy atom. The first kappa shape index (κ1) is 17.4. The fourth-order valence-electron chi connectivity index (χ4n) is 2.81. The van der Waals surface area contributed by atoms with Gasteiger partial charge in [0, 0.05) is 28.0 Å². The van der Waals surface area contributed by atoms with E-state index >= 15 is 0 Å². The van der Waals surface area contributed by atoms with Gasteiger partial charge >= 0.3 is 0 Å². The van der Waals surface area contributed by atoms with Crippen molar-refractivity contribution in [2.24, 2.45) is 4.99 Å². The molecule has 1 aliphatic heterocycles. The largest absolute Gasteiger partial charge is 0.485 e. The van der Waals surface area contributed by atoms with Gasteiger partial charge in [-0.1, -0.05) is 15.9 Å². The molecule has 2 aromatic rings. The Hall–Kier alpha value is -2.43. The molecule has 1 aromatic heterocycles. The van der Waals surface area contributed by atoms with Gasteiger partial charge in [-0.3, -0.25) is 4.98 Å². The Labute approximate surface area is 154 Å². The molecule has 0 radical (unpaired) electrons. The van der Waals surface area contributed by atoms with Crippen molar-refractivity contribution in [3.8, 4) is 11.9 Å². The van der Waals surface area contributed by atoms with Crippen LogP contribution in [0.4, 0.5) is 0 Å². The fourth-order valence-corrected chi connectivity index (χ4v) is 3.19. The second kappa shape index (κ2) is 6.82. The van der Waals surface area contributed by atoms with E-state index in [1.807, 2.05) is 32.0 Å². The summed E-state index contributed by atoms with van der Waals surface area (Å²) in [7, 11) is 0. The SMILES string of the molecule is CC1(C)Oc2ccc(Br)cc2[C@@H](NC(=NC#N)c2cccnc2)[C@@H]1O. The standard InChI is InChI=1S/C18H17BrN4O2/c1-18(2)16(24)15(13-8-12(19)5-6-14(13)25-18)23-17(22-10-20)11-4-3-7-21-9-11/h3-9,15-16,24H,1-2H3,(H,22,23)/t15-,16+/m1/s1. The third kappa shape index (κ3) is 3.50. The summed E-state index contributed by atoms with van der Waals surface area (Å²) in [4.78, 5) is 7.94. The molecular weight excluding hydrogens is 384 g/mol. The van der Waals surface area contributed by atoms with E-state index in [2.05, 4.69) is 31.2 Å². The zero-order chi connectivity index (χ0) is 18.0. The van der Waals surface area contributed by atoms with Gasteiger partial charge in [-0.25, -0.2) is 0 Å². The monoisotopic (exact) mass is 400 g/mol. The molecule has 1 aliphatic rings. The van der Waals surface area contributed by atoms with Crippen molar-refractivity contribution in [2.45, 2.75) is 31.6 Å². The van der Waals surface area contributed by atoms with Gasteiger partial charge in [0.25, 0.3) is 0 Å². The lowest BCUT2D eigenvalue weighted by Gasteiger charge is -2.42. The highest BCUT2D eigenvalue weighted by Gasteiger charge is 2.43. The Balaban J connectivity index is 2.04. The number of nitrogens with zero attached hydrogens (tertiary/aromatic N) is 3. The van der Waals surface area contributed by atoms with E-state index in [1.54, 1.807) is 30.7 Å². The Morgan fingerprint density at radius 3 is 2.92 bits per heavy atom. The smallest absolute Gasteiger partial charge is 0.207 e. The molecule has 0 saturated heterocycles. The van der Waals surface area contributed by atoms with Gasteiger partial charge in [-0.05, 0) is 44.2 Å². The minimum absolute atomic E-state index is 0.350. The number of aromatic nitrogens is 1. The number of benzene rings is 1. The quantitative estimate of drug-likeness (QED) is 0.459. The number of aliphatic imine (C=N–C) groups is 1. The van der Waals surface area contributed by atoms with Gasteiger partial charge < -0.3 is 15.2 Å². The number of aliphatic hydroxyl groups excluding tert-OH is 1. The van der Waals surface area contributed by atoms with Crippen molar-refractivity contribution in [2.75, 3.05) is 0 Å². The normalized spacial score (nSPS) is 21.6. The number of rotatable bonds is 2. The zero-order valence-corrected chi connectivity index (χ0v) is 15.4. The minimum Gasteiger partial charge on any atom is -0.485 e. The lowest BCUT2D eigenvalue weighted by atomic mass is 9.86. The number of aliphatic hydroxyl groups is 1. The molecule has 6 nitrogen and oxygen atoms in total. The average molecular weight is 401 g/mol. The Morgan fingerprint density at radius 1 is 1.44 bits per heavy atom. The molecule has 2 N–H and O–H groups in total. The molecule has 0 amide bonds. The Kier molecular flexibility index (Phi) is 4.75. The van der Waals surface area contributed by atoms with E-state index in [0.29, 0.717) is 17.1 Å². The molecular formula is C18H17BrN4O2. The van der Waals surface area contributed by atoms with Crippen molar-refractivity contribution in [1.29, 1.82) is 5.26 Å². The van der Waals surface area contributed by atoms with Crippen LogP contribution in [0.15, 0.2) is 52.2 Å². The summed E-state index contributed by atoms with van der Waals surface area (Å²) in [5.41, 5.74) is 0.651. The molecule has 0 saturated carbocycles. The zero-order valence-electron chi connectivity index (χ0n) is 13.8. The third-order valence-electron chi connectivity index (χ3n) is 4.10. The van der Waals surface area contributed by atoms with Crippen molar-refractivity contribution in [3.63, 3.8) is 0 Å². The van der Waals surface area contributed by atoms with Crippen molar-refractivity contribution >= 4 is 21.8 Å². The van der Waals surface area contributed by atoms with Crippen LogP contribution in [0.3, 0.4) is 0 Å². The number of ether oxygens (including phenoxy) is 1. The lowest BCUT2D eigenvalue weighted by Crippen LogP contribution is -2.53.